The monoisotopic (exact) mass is 416 g/mol. The number of nitrogens with one attached hydrogen (secondary N) is 1. The van der Waals surface area contributed by atoms with Crippen molar-refractivity contribution in [2.45, 2.75) is 45.6 Å². The maximum Gasteiger partial charge on any atom is 0.248 e. The minimum Gasteiger partial charge on any atom is -0.324 e. The topological polar surface area (TPSA) is 66.5 Å². The number of likely N-dealkylation sites (tertiary alicyclic amines) is 1. The van der Waals surface area contributed by atoms with E-state index in [1.54, 1.807) is 0 Å². The summed E-state index contributed by atoms with van der Waals surface area (Å²) in [6.45, 7) is 3.91. The summed E-state index contributed by atoms with van der Waals surface area (Å²) in [7, 11) is 0. The predicted octanol–water partition coefficient (Wildman–Crippen LogP) is 3.88. The molecular formula is C26H28N2O3. The zero-order valence-electron chi connectivity index (χ0n) is 18.0. The first-order valence-corrected chi connectivity index (χ1v) is 11.2. The van der Waals surface area contributed by atoms with Gasteiger partial charge in [-0.1, -0.05) is 42.5 Å². The van der Waals surface area contributed by atoms with Gasteiger partial charge in [0.1, 0.15) is 6.04 Å². The summed E-state index contributed by atoms with van der Waals surface area (Å²) in [4.78, 5) is 41.7. The Kier molecular flexibility index (Phi) is 4.92. The molecule has 2 aromatic carbocycles. The van der Waals surface area contributed by atoms with Gasteiger partial charge in [-0.25, -0.2) is 0 Å². The van der Waals surface area contributed by atoms with Crippen LogP contribution in [0.2, 0.25) is 0 Å². The average Bonchev–Trinajstić information content (AvgIpc) is 3.44. The van der Waals surface area contributed by atoms with Crippen molar-refractivity contribution in [3.8, 4) is 0 Å². The third-order valence-corrected chi connectivity index (χ3v) is 7.50. The van der Waals surface area contributed by atoms with Crippen LogP contribution >= 0.6 is 0 Å². The second-order valence-electron chi connectivity index (χ2n) is 9.44. The first-order chi connectivity index (χ1) is 14.9. The molecule has 2 aliphatic carbocycles. The van der Waals surface area contributed by atoms with E-state index in [9.17, 15) is 14.4 Å². The molecule has 160 valence electrons. The first-order valence-electron chi connectivity index (χ1n) is 11.2. The number of carbonyl (C=O) groups excluding carboxylic acids is 3. The summed E-state index contributed by atoms with van der Waals surface area (Å²) < 4.78 is 0. The van der Waals surface area contributed by atoms with Gasteiger partial charge in [0.25, 0.3) is 0 Å². The number of aryl methyl sites for hydroxylation is 2. The Hall–Kier alpha value is -2.95. The molecule has 5 atom stereocenters. The Bertz CT molecular complexity index is 1020. The summed E-state index contributed by atoms with van der Waals surface area (Å²) in [6, 6.07) is 14.7. The molecule has 1 aliphatic heterocycles. The predicted molar refractivity (Wildman–Crippen MR) is 118 cm³/mol. The van der Waals surface area contributed by atoms with Crippen LogP contribution < -0.4 is 5.32 Å². The minimum atomic E-state index is -0.840. The lowest BCUT2D eigenvalue weighted by Gasteiger charge is -2.27. The van der Waals surface area contributed by atoms with E-state index in [1.807, 2.05) is 62.4 Å². The molecule has 1 heterocycles. The van der Waals surface area contributed by atoms with Crippen molar-refractivity contribution < 1.29 is 14.4 Å². The SMILES string of the molecule is Cc1ccc(C)c(NC(=O)[C@@H](Cc2ccccc2)N2C(=O)[C@@H]3[C@H]4CC[C@@H](C4)[C@@H]3C2=O)c1. The van der Waals surface area contributed by atoms with Gasteiger partial charge in [0.05, 0.1) is 11.8 Å². The number of amides is 3. The van der Waals surface area contributed by atoms with E-state index in [0.29, 0.717) is 18.3 Å². The minimum absolute atomic E-state index is 0.140. The van der Waals surface area contributed by atoms with Crippen molar-refractivity contribution in [2.75, 3.05) is 5.32 Å². The summed E-state index contributed by atoms with van der Waals surface area (Å²) >= 11 is 0. The second kappa shape index (κ2) is 7.63. The molecule has 2 bridgehead atoms. The van der Waals surface area contributed by atoms with Crippen LogP contribution in [0.5, 0.6) is 0 Å². The number of rotatable bonds is 5. The fraction of sp³-hybridized carbons (Fsp3) is 0.423. The van der Waals surface area contributed by atoms with E-state index >= 15 is 0 Å². The largest absolute Gasteiger partial charge is 0.324 e. The highest BCUT2D eigenvalue weighted by molar-refractivity contribution is 6.10. The standard InChI is InChI=1S/C26H28N2O3/c1-15-8-9-16(2)20(12-15)27-24(29)21(13-17-6-4-3-5-7-17)28-25(30)22-18-10-11-19(14-18)23(22)26(28)31/h3-9,12,18-19,21-23H,10-11,13-14H2,1-2H3,(H,27,29)/t18-,19-,21+,22-,23+/m0/s1. The van der Waals surface area contributed by atoms with Gasteiger partial charge >= 0.3 is 0 Å². The second-order valence-corrected chi connectivity index (χ2v) is 9.44. The molecule has 3 amide bonds. The van der Waals surface area contributed by atoms with Crippen molar-refractivity contribution in [1.29, 1.82) is 0 Å². The van der Waals surface area contributed by atoms with Gasteiger partial charge in [0, 0.05) is 12.1 Å². The van der Waals surface area contributed by atoms with Crippen LogP contribution in [0.3, 0.4) is 0 Å². The van der Waals surface area contributed by atoms with Crippen LogP contribution in [0.15, 0.2) is 48.5 Å². The molecule has 0 radical (unpaired) electrons. The molecule has 3 aliphatic rings. The zero-order valence-corrected chi connectivity index (χ0v) is 18.0. The van der Waals surface area contributed by atoms with E-state index in [2.05, 4.69) is 5.32 Å². The normalized spacial score (nSPS) is 27.5. The lowest BCUT2D eigenvalue weighted by molar-refractivity contribution is -0.147. The molecule has 0 aromatic heterocycles. The smallest absolute Gasteiger partial charge is 0.248 e. The maximum absolute atomic E-state index is 13.5. The van der Waals surface area contributed by atoms with Crippen LogP contribution in [0.4, 0.5) is 5.69 Å². The van der Waals surface area contributed by atoms with E-state index < -0.39 is 6.04 Å². The number of hydrogen-bond acceptors (Lipinski definition) is 3. The Balaban J connectivity index is 1.47. The number of fused-ring (bicyclic) bond motifs is 5. The third kappa shape index (κ3) is 3.36. The van der Waals surface area contributed by atoms with E-state index in [4.69, 9.17) is 0 Å². The van der Waals surface area contributed by atoms with Crippen LogP contribution in [0.25, 0.3) is 0 Å². The molecular weight excluding hydrogens is 388 g/mol. The summed E-state index contributed by atoms with van der Waals surface area (Å²) in [5, 5.41) is 3.01. The molecule has 1 N–H and O–H groups in total. The van der Waals surface area contributed by atoms with Gasteiger partial charge in [-0.2, -0.15) is 0 Å². The lowest BCUT2D eigenvalue weighted by atomic mass is 9.81. The van der Waals surface area contributed by atoms with Gasteiger partial charge in [0.2, 0.25) is 17.7 Å². The fourth-order valence-electron chi connectivity index (χ4n) is 5.96. The molecule has 2 aromatic rings. The van der Waals surface area contributed by atoms with Gasteiger partial charge in [-0.05, 0) is 67.7 Å². The number of benzene rings is 2. The third-order valence-electron chi connectivity index (χ3n) is 7.50. The first kappa shape index (κ1) is 20.0. The lowest BCUT2D eigenvalue weighted by Crippen LogP contribution is -2.49. The molecule has 3 fully saturated rings. The van der Waals surface area contributed by atoms with Crippen molar-refractivity contribution in [3.63, 3.8) is 0 Å². The molecule has 1 saturated heterocycles. The Morgan fingerprint density at radius 3 is 2.29 bits per heavy atom. The summed E-state index contributed by atoms with van der Waals surface area (Å²) in [6.07, 6.45) is 3.36. The molecule has 5 nitrogen and oxygen atoms in total. The molecule has 5 heteroatoms. The maximum atomic E-state index is 13.5. The van der Waals surface area contributed by atoms with Crippen molar-refractivity contribution in [3.05, 3.63) is 65.2 Å². The van der Waals surface area contributed by atoms with Gasteiger partial charge in [-0.15, -0.1) is 0 Å². The number of nitrogens with zero attached hydrogens (tertiary/aromatic N) is 1. The average molecular weight is 417 g/mol. The van der Waals surface area contributed by atoms with Crippen LogP contribution in [-0.4, -0.2) is 28.7 Å². The summed E-state index contributed by atoms with van der Waals surface area (Å²) in [5.74, 6) is -0.423. The number of hydrogen-bond donors (Lipinski definition) is 1. The Morgan fingerprint density at radius 1 is 1.00 bits per heavy atom. The van der Waals surface area contributed by atoms with Gasteiger partial charge in [0.15, 0.2) is 0 Å². The number of anilines is 1. The number of carbonyl (C=O) groups is 3. The van der Waals surface area contributed by atoms with E-state index in [0.717, 1.165) is 41.6 Å². The molecule has 31 heavy (non-hydrogen) atoms. The van der Waals surface area contributed by atoms with Crippen LogP contribution in [-0.2, 0) is 20.8 Å². The van der Waals surface area contributed by atoms with Crippen molar-refractivity contribution in [2.24, 2.45) is 23.7 Å². The van der Waals surface area contributed by atoms with E-state index in [-0.39, 0.29) is 29.6 Å². The van der Waals surface area contributed by atoms with Crippen molar-refractivity contribution >= 4 is 23.4 Å². The van der Waals surface area contributed by atoms with E-state index in [1.165, 1.54) is 4.90 Å². The molecule has 0 unspecified atom stereocenters. The highest BCUT2D eigenvalue weighted by Gasteiger charge is 2.62. The zero-order chi connectivity index (χ0) is 21.7. The van der Waals surface area contributed by atoms with Crippen molar-refractivity contribution in [1.82, 2.24) is 4.90 Å². The number of imide groups is 1. The highest BCUT2D eigenvalue weighted by atomic mass is 16.2. The van der Waals surface area contributed by atoms with Gasteiger partial charge < -0.3 is 5.32 Å². The van der Waals surface area contributed by atoms with Gasteiger partial charge in [-0.3, -0.25) is 19.3 Å². The molecule has 5 rings (SSSR count). The Labute approximate surface area is 182 Å². The fourth-order valence-corrected chi connectivity index (χ4v) is 5.96. The Morgan fingerprint density at radius 2 is 1.65 bits per heavy atom. The molecule has 2 saturated carbocycles. The van der Waals surface area contributed by atoms with Crippen LogP contribution in [0, 0.1) is 37.5 Å². The summed E-state index contributed by atoms with van der Waals surface area (Å²) in [5.41, 5.74) is 3.65. The molecule has 0 spiro atoms. The quantitative estimate of drug-likeness (QED) is 0.752. The van der Waals surface area contributed by atoms with Crippen LogP contribution in [0.1, 0.15) is 36.0 Å². The highest BCUT2D eigenvalue weighted by Crippen LogP contribution is 2.56.